The fraction of sp³-hybridized carbons (Fsp3) is 0.571. The number of H-pyrrole nitrogens is 1. The van der Waals surface area contributed by atoms with Gasteiger partial charge in [0.25, 0.3) is 0 Å². The Morgan fingerprint density at radius 3 is 3.00 bits per heavy atom. The first-order valence-electron chi connectivity index (χ1n) is 3.78. The summed E-state index contributed by atoms with van der Waals surface area (Å²) in [7, 11) is 0. The number of carbonyl (C=O) groups is 1. The van der Waals surface area contributed by atoms with Gasteiger partial charge in [-0.3, -0.25) is 9.89 Å². The van der Waals surface area contributed by atoms with Crippen LogP contribution >= 0.6 is 11.6 Å². The van der Waals surface area contributed by atoms with Gasteiger partial charge in [0.1, 0.15) is 11.2 Å². The van der Waals surface area contributed by atoms with E-state index >= 15 is 0 Å². The number of aromatic amines is 1. The smallest absolute Gasteiger partial charge is 0.161 e. The Hall–Kier alpha value is -0.900. The normalized spacial score (nSPS) is 19.1. The lowest BCUT2D eigenvalue weighted by Gasteiger charge is -2.00. The molecule has 0 atom stereocenters. The van der Waals surface area contributed by atoms with Gasteiger partial charge < -0.3 is 0 Å². The minimum atomic E-state index is -0.583. The minimum absolute atomic E-state index is 0.0313. The maximum atomic E-state index is 11.4. The van der Waals surface area contributed by atoms with Gasteiger partial charge in [-0.25, -0.2) is 4.98 Å². The van der Waals surface area contributed by atoms with Crippen molar-refractivity contribution < 1.29 is 4.79 Å². The number of Topliss-reactive ketones (excluding diaryl/α,β-unsaturated/α-hetero) is 1. The first-order chi connectivity index (χ1) is 5.71. The quantitative estimate of drug-likeness (QED) is 0.705. The van der Waals surface area contributed by atoms with Gasteiger partial charge in [-0.1, -0.05) is 0 Å². The summed E-state index contributed by atoms with van der Waals surface area (Å²) in [5.74, 6) is 0.552. The number of aromatic nitrogens is 3. The van der Waals surface area contributed by atoms with Gasteiger partial charge in [0.2, 0.25) is 0 Å². The second kappa shape index (κ2) is 2.55. The SMILES string of the molecule is O=C(Cc1nc[nH]n1)C1(Cl)CC1. The molecule has 1 fully saturated rings. The van der Waals surface area contributed by atoms with Crippen molar-refractivity contribution in [2.24, 2.45) is 0 Å². The molecule has 0 spiro atoms. The van der Waals surface area contributed by atoms with E-state index in [0.29, 0.717) is 5.82 Å². The van der Waals surface area contributed by atoms with Crippen LogP contribution in [0.4, 0.5) is 0 Å². The van der Waals surface area contributed by atoms with E-state index in [1.165, 1.54) is 6.33 Å². The lowest BCUT2D eigenvalue weighted by molar-refractivity contribution is -0.118. The summed E-state index contributed by atoms with van der Waals surface area (Å²) in [5, 5.41) is 6.33. The Labute approximate surface area is 74.3 Å². The van der Waals surface area contributed by atoms with E-state index in [0.717, 1.165) is 12.8 Å². The molecule has 0 saturated heterocycles. The van der Waals surface area contributed by atoms with Crippen molar-refractivity contribution in [1.29, 1.82) is 0 Å². The van der Waals surface area contributed by atoms with Crippen molar-refractivity contribution in [1.82, 2.24) is 15.2 Å². The molecule has 0 aliphatic heterocycles. The zero-order chi connectivity index (χ0) is 8.60. The molecule has 12 heavy (non-hydrogen) atoms. The molecule has 5 heteroatoms. The molecule has 1 saturated carbocycles. The zero-order valence-electron chi connectivity index (χ0n) is 6.38. The van der Waals surface area contributed by atoms with E-state index < -0.39 is 4.87 Å². The molecule has 1 aliphatic carbocycles. The predicted octanol–water partition coefficient (Wildman–Crippen LogP) is 0.688. The van der Waals surface area contributed by atoms with Crippen LogP contribution in [0.3, 0.4) is 0 Å². The number of rotatable bonds is 3. The second-order valence-corrected chi connectivity index (χ2v) is 3.70. The Morgan fingerprint density at radius 1 is 1.75 bits per heavy atom. The average molecular weight is 186 g/mol. The summed E-state index contributed by atoms with van der Waals surface area (Å²) in [6, 6.07) is 0. The summed E-state index contributed by atoms with van der Waals surface area (Å²) in [4.78, 5) is 14.6. The summed E-state index contributed by atoms with van der Waals surface area (Å²) < 4.78 is 0. The van der Waals surface area contributed by atoms with Gasteiger partial charge in [-0.2, -0.15) is 5.10 Å². The van der Waals surface area contributed by atoms with Crippen LogP contribution in [0.15, 0.2) is 6.33 Å². The highest BCUT2D eigenvalue weighted by Gasteiger charge is 2.47. The molecule has 2 rings (SSSR count). The summed E-state index contributed by atoms with van der Waals surface area (Å²) in [6.07, 6.45) is 3.28. The molecule has 1 aromatic rings. The highest BCUT2D eigenvalue weighted by Crippen LogP contribution is 2.43. The average Bonchev–Trinajstić information content (AvgIpc) is 2.63. The van der Waals surface area contributed by atoms with Crippen LogP contribution < -0.4 is 0 Å². The van der Waals surface area contributed by atoms with Crippen molar-refractivity contribution in [2.45, 2.75) is 24.1 Å². The third-order valence-electron chi connectivity index (χ3n) is 1.97. The zero-order valence-corrected chi connectivity index (χ0v) is 7.14. The van der Waals surface area contributed by atoms with Gasteiger partial charge in [0.05, 0.1) is 6.42 Å². The van der Waals surface area contributed by atoms with Crippen molar-refractivity contribution in [3.63, 3.8) is 0 Å². The van der Waals surface area contributed by atoms with Gasteiger partial charge in [0.15, 0.2) is 11.6 Å². The van der Waals surface area contributed by atoms with Gasteiger partial charge in [0, 0.05) is 0 Å². The lowest BCUT2D eigenvalue weighted by atomic mass is 10.2. The van der Waals surface area contributed by atoms with Crippen molar-refractivity contribution >= 4 is 17.4 Å². The molecule has 1 heterocycles. The number of alkyl halides is 1. The topological polar surface area (TPSA) is 58.6 Å². The number of halogens is 1. The van der Waals surface area contributed by atoms with Crippen LogP contribution in [0, 0.1) is 0 Å². The van der Waals surface area contributed by atoms with Crippen LogP contribution in [0.5, 0.6) is 0 Å². The Balaban J connectivity index is 2.00. The molecule has 1 aromatic heterocycles. The standard InChI is InChI=1S/C7H8ClN3O/c8-7(1-2-7)5(12)3-6-9-4-10-11-6/h4H,1-3H2,(H,9,10,11). The molecular formula is C7H8ClN3O. The summed E-state index contributed by atoms with van der Waals surface area (Å²) >= 11 is 5.90. The number of nitrogens with one attached hydrogen (secondary N) is 1. The van der Waals surface area contributed by atoms with Gasteiger partial charge >= 0.3 is 0 Å². The van der Waals surface area contributed by atoms with Gasteiger partial charge in [-0.15, -0.1) is 11.6 Å². The maximum Gasteiger partial charge on any atom is 0.161 e. The number of nitrogens with zero attached hydrogens (tertiary/aromatic N) is 2. The van der Waals surface area contributed by atoms with Crippen LogP contribution in [0.2, 0.25) is 0 Å². The largest absolute Gasteiger partial charge is 0.297 e. The minimum Gasteiger partial charge on any atom is -0.297 e. The van der Waals surface area contributed by atoms with E-state index in [2.05, 4.69) is 15.2 Å². The molecule has 0 amide bonds. The van der Waals surface area contributed by atoms with Crippen LogP contribution in [0.25, 0.3) is 0 Å². The predicted molar refractivity (Wildman–Crippen MR) is 42.9 cm³/mol. The highest BCUT2D eigenvalue weighted by atomic mass is 35.5. The molecular weight excluding hydrogens is 178 g/mol. The van der Waals surface area contributed by atoms with E-state index in [1.807, 2.05) is 0 Å². The fourth-order valence-corrected chi connectivity index (χ4v) is 1.17. The number of carbonyl (C=O) groups excluding carboxylic acids is 1. The molecule has 4 nitrogen and oxygen atoms in total. The monoisotopic (exact) mass is 185 g/mol. The van der Waals surface area contributed by atoms with Crippen LogP contribution in [-0.2, 0) is 11.2 Å². The fourth-order valence-electron chi connectivity index (χ4n) is 1.01. The summed E-state index contributed by atoms with van der Waals surface area (Å²) in [5.41, 5.74) is 0. The molecule has 1 N–H and O–H groups in total. The second-order valence-electron chi connectivity index (χ2n) is 2.98. The maximum absolute atomic E-state index is 11.4. The van der Waals surface area contributed by atoms with E-state index in [9.17, 15) is 4.79 Å². The molecule has 0 aromatic carbocycles. The highest BCUT2D eigenvalue weighted by molar-refractivity contribution is 6.37. The first kappa shape index (κ1) is 7.73. The molecule has 1 aliphatic rings. The first-order valence-corrected chi connectivity index (χ1v) is 4.15. The Bertz CT molecular complexity index is 292. The number of hydrogen-bond donors (Lipinski definition) is 1. The van der Waals surface area contributed by atoms with E-state index in [4.69, 9.17) is 11.6 Å². The van der Waals surface area contributed by atoms with Crippen LogP contribution in [0.1, 0.15) is 18.7 Å². The number of hydrogen-bond acceptors (Lipinski definition) is 3. The van der Waals surface area contributed by atoms with E-state index in [1.54, 1.807) is 0 Å². The molecule has 0 radical (unpaired) electrons. The number of ketones is 1. The molecule has 0 bridgehead atoms. The van der Waals surface area contributed by atoms with E-state index in [-0.39, 0.29) is 12.2 Å². The van der Waals surface area contributed by atoms with Crippen molar-refractivity contribution in [3.05, 3.63) is 12.2 Å². The molecule has 0 unspecified atom stereocenters. The van der Waals surface area contributed by atoms with Gasteiger partial charge in [-0.05, 0) is 12.8 Å². The molecule has 64 valence electrons. The van der Waals surface area contributed by atoms with Crippen molar-refractivity contribution in [2.75, 3.05) is 0 Å². The summed E-state index contributed by atoms with van der Waals surface area (Å²) in [6.45, 7) is 0. The Kier molecular flexibility index (Phi) is 1.65. The van der Waals surface area contributed by atoms with Crippen molar-refractivity contribution in [3.8, 4) is 0 Å². The third kappa shape index (κ3) is 1.34. The lowest BCUT2D eigenvalue weighted by Crippen LogP contribution is -2.18. The third-order valence-corrected chi connectivity index (χ3v) is 2.56. The Morgan fingerprint density at radius 2 is 2.50 bits per heavy atom. The van der Waals surface area contributed by atoms with Crippen LogP contribution in [-0.4, -0.2) is 25.8 Å².